The molecule has 1 N–H and O–H groups in total. The number of anilines is 1. The lowest BCUT2D eigenvalue weighted by Crippen LogP contribution is -2.07. The first-order valence-corrected chi connectivity index (χ1v) is 8.52. The van der Waals surface area contributed by atoms with Gasteiger partial charge in [0.05, 0.1) is 0 Å². The predicted octanol–water partition coefficient (Wildman–Crippen LogP) is 4.53. The molecule has 0 fully saturated rings. The number of nitrogens with one attached hydrogen (secondary N) is 1. The van der Waals surface area contributed by atoms with Gasteiger partial charge in [-0.3, -0.25) is 0 Å². The number of thioether (sulfide) groups is 1. The van der Waals surface area contributed by atoms with Gasteiger partial charge in [-0.1, -0.05) is 40.0 Å². The molecule has 3 nitrogen and oxygen atoms in total. The highest BCUT2D eigenvalue weighted by molar-refractivity contribution is 7.99. The van der Waals surface area contributed by atoms with E-state index >= 15 is 0 Å². The molecule has 1 aromatic heterocycles. The van der Waals surface area contributed by atoms with Gasteiger partial charge in [-0.25, -0.2) is 9.97 Å². The van der Waals surface area contributed by atoms with Crippen molar-refractivity contribution in [3.8, 4) is 0 Å². The highest BCUT2D eigenvalue weighted by Gasteiger charge is 2.10. The van der Waals surface area contributed by atoms with Crippen LogP contribution in [0.2, 0.25) is 0 Å². The smallest absolute Gasteiger partial charge is 0.133 e. The van der Waals surface area contributed by atoms with E-state index < -0.39 is 0 Å². The molecule has 0 aliphatic rings. The van der Waals surface area contributed by atoms with Crippen LogP contribution in [0.3, 0.4) is 0 Å². The molecule has 0 aliphatic carbocycles. The number of hydrogen-bond donors (Lipinski definition) is 1. The Morgan fingerprint density at radius 1 is 1.05 bits per heavy atom. The topological polar surface area (TPSA) is 37.8 Å². The van der Waals surface area contributed by atoms with E-state index in [1.165, 1.54) is 29.9 Å². The number of hydrogen-bond acceptors (Lipinski definition) is 4. The lowest BCUT2D eigenvalue weighted by Gasteiger charge is -2.13. The summed E-state index contributed by atoms with van der Waals surface area (Å²) in [6.07, 6.45) is 8.86. The standard InChI is InChI=1S/C15H27N3S/c1-4-7-8-11-19-15-13(9-5-2)14(16-10-6-3)17-12-18-15/h12H,4-11H2,1-3H3,(H,16,17,18). The van der Waals surface area contributed by atoms with Crippen molar-refractivity contribution in [2.75, 3.05) is 17.6 Å². The normalized spacial score (nSPS) is 10.7. The zero-order valence-corrected chi connectivity index (χ0v) is 13.4. The average Bonchev–Trinajstić information content (AvgIpc) is 2.43. The van der Waals surface area contributed by atoms with Gasteiger partial charge in [0.15, 0.2) is 0 Å². The van der Waals surface area contributed by atoms with Crippen LogP contribution >= 0.6 is 11.8 Å². The van der Waals surface area contributed by atoms with Crippen LogP contribution < -0.4 is 5.32 Å². The zero-order valence-electron chi connectivity index (χ0n) is 12.5. The number of nitrogens with zero attached hydrogens (tertiary/aromatic N) is 2. The van der Waals surface area contributed by atoms with Crippen molar-refractivity contribution in [3.05, 3.63) is 11.9 Å². The monoisotopic (exact) mass is 281 g/mol. The van der Waals surface area contributed by atoms with Gasteiger partial charge in [0.2, 0.25) is 0 Å². The fraction of sp³-hybridized carbons (Fsp3) is 0.733. The molecule has 0 saturated carbocycles. The maximum absolute atomic E-state index is 4.48. The molecular weight excluding hydrogens is 254 g/mol. The van der Waals surface area contributed by atoms with Crippen molar-refractivity contribution in [2.24, 2.45) is 0 Å². The summed E-state index contributed by atoms with van der Waals surface area (Å²) < 4.78 is 0. The molecule has 0 radical (unpaired) electrons. The summed E-state index contributed by atoms with van der Waals surface area (Å²) in [5.74, 6) is 2.20. The van der Waals surface area contributed by atoms with Crippen molar-refractivity contribution in [1.29, 1.82) is 0 Å². The Balaban J connectivity index is 2.71. The third kappa shape index (κ3) is 5.81. The molecule has 0 spiro atoms. The van der Waals surface area contributed by atoms with E-state index in [-0.39, 0.29) is 0 Å². The molecule has 0 bridgehead atoms. The molecule has 1 heterocycles. The Labute approximate surface area is 122 Å². The van der Waals surface area contributed by atoms with E-state index in [2.05, 4.69) is 36.1 Å². The number of aromatic nitrogens is 2. The molecule has 0 amide bonds. The van der Waals surface area contributed by atoms with E-state index in [9.17, 15) is 0 Å². The summed E-state index contributed by atoms with van der Waals surface area (Å²) >= 11 is 1.88. The Kier molecular flexibility index (Phi) is 8.63. The molecule has 0 atom stereocenters. The highest BCUT2D eigenvalue weighted by Crippen LogP contribution is 2.27. The quantitative estimate of drug-likeness (QED) is 0.388. The lowest BCUT2D eigenvalue weighted by molar-refractivity contribution is 0.777. The Morgan fingerprint density at radius 3 is 2.58 bits per heavy atom. The Morgan fingerprint density at radius 2 is 1.89 bits per heavy atom. The summed E-state index contributed by atoms with van der Waals surface area (Å²) in [7, 11) is 0. The van der Waals surface area contributed by atoms with Gasteiger partial charge in [0.1, 0.15) is 17.2 Å². The lowest BCUT2D eigenvalue weighted by atomic mass is 10.2. The minimum absolute atomic E-state index is 0.980. The molecule has 0 saturated heterocycles. The van der Waals surface area contributed by atoms with E-state index in [0.717, 1.165) is 37.4 Å². The third-order valence-electron chi connectivity index (χ3n) is 2.93. The van der Waals surface area contributed by atoms with Crippen LogP contribution in [0.5, 0.6) is 0 Å². The molecule has 0 aliphatic heterocycles. The van der Waals surface area contributed by atoms with E-state index in [4.69, 9.17) is 0 Å². The van der Waals surface area contributed by atoms with Crippen molar-refractivity contribution in [2.45, 2.75) is 64.3 Å². The van der Waals surface area contributed by atoms with Crippen LogP contribution in [0.15, 0.2) is 11.4 Å². The van der Waals surface area contributed by atoms with E-state index in [0.29, 0.717) is 0 Å². The predicted molar refractivity (Wildman–Crippen MR) is 85.1 cm³/mol. The fourth-order valence-electron chi connectivity index (χ4n) is 1.91. The van der Waals surface area contributed by atoms with E-state index in [1.807, 2.05) is 11.8 Å². The highest BCUT2D eigenvalue weighted by atomic mass is 32.2. The maximum Gasteiger partial charge on any atom is 0.133 e. The molecule has 1 rings (SSSR count). The van der Waals surface area contributed by atoms with Crippen LogP contribution in [0, 0.1) is 0 Å². The van der Waals surface area contributed by atoms with Gasteiger partial charge in [-0.2, -0.15) is 0 Å². The first-order chi connectivity index (χ1) is 9.33. The third-order valence-corrected chi connectivity index (χ3v) is 4.05. The van der Waals surface area contributed by atoms with Crippen molar-refractivity contribution < 1.29 is 0 Å². The van der Waals surface area contributed by atoms with Crippen LogP contribution in [0.4, 0.5) is 5.82 Å². The second kappa shape index (κ2) is 10.1. The molecule has 4 heteroatoms. The summed E-state index contributed by atoms with van der Waals surface area (Å²) in [6.45, 7) is 7.61. The maximum atomic E-state index is 4.48. The fourth-order valence-corrected chi connectivity index (χ4v) is 2.95. The number of rotatable bonds is 10. The SMILES string of the molecule is CCCCCSc1ncnc(NCCC)c1CCC. The van der Waals surface area contributed by atoms with E-state index in [1.54, 1.807) is 6.33 Å². The van der Waals surface area contributed by atoms with Gasteiger partial charge in [0, 0.05) is 12.1 Å². The first-order valence-electron chi connectivity index (χ1n) is 7.53. The molecule has 0 unspecified atom stereocenters. The van der Waals surface area contributed by atoms with Gasteiger partial charge in [0.25, 0.3) is 0 Å². The van der Waals surface area contributed by atoms with Gasteiger partial charge in [-0.05, 0) is 25.0 Å². The molecule has 1 aromatic rings. The zero-order chi connectivity index (χ0) is 13.9. The van der Waals surface area contributed by atoms with Crippen LogP contribution in [0.1, 0.15) is 58.4 Å². The Hall–Kier alpha value is -0.770. The van der Waals surface area contributed by atoms with Crippen LogP contribution in [0.25, 0.3) is 0 Å². The second-order valence-electron chi connectivity index (χ2n) is 4.74. The first kappa shape index (κ1) is 16.3. The van der Waals surface area contributed by atoms with Crippen LogP contribution in [-0.4, -0.2) is 22.3 Å². The van der Waals surface area contributed by atoms with Gasteiger partial charge in [-0.15, -0.1) is 11.8 Å². The summed E-state index contributed by atoms with van der Waals surface area (Å²) in [4.78, 5) is 8.88. The second-order valence-corrected chi connectivity index (χ2v) is 5.82. The largest absolute Gasteiger partial charge is 0.370 e. The van der Waals surface area contributed by atoms with Gasteiger partial charge < -0.3 is 5.32 Å². The molecule has 0 aromatic carbocycles. The van der Waals surface area contributed by atoms with Gasteiger partial charge >= 0.3 is 0 Å². The minimum atomic E-state index is 0.980. The van der Waals surface area contributed by atoms with Crippen molar-refractivity contribution in [3.63, 3.8) is 0 Å². The minimum Gasteiger partial charge on any atom is -0.370 e. The summed E-state index contributed by atoms with van der Waals surface area (Å²) in [6, 6.07) is 0. The Bertz CT molecular complexity index is 355. The average molecular weight is 281 g/mol. The molecule has 108 valence electrons. The molecule has 19 heavy (non-hydrogen) atoms. The molecular formula is C15H27N3S. The van der Waals surface area contributed by atoms with Crippen LogP contribution in [-0.2, 0) is 6.42 Å². The summed E-state index contributed by atoms with van der Waals surface area (Å²) in [5.41, 5.74) is 1.31. The number of unbranched alkanes of at least 4 members (excludes halogenated alkanes) is 2. The van der Waals surface area contributed by atoms with Crippen molar-refractivity contribution in [1.82, 2.24) is 9.97 Å². The van der Waals surface area contributed by atoms with Crippen molar-refractivity contribution >= 4 is 17.6 Å². The summed E-state index contributed by atoms with van der Waals surface area (Å²) in [5, 5.41) is 4.60.